The molecular formula is C19H21ClN4O2S. The van der Waals surface area contributed by atoms with Crippen LogP contribution in [0.5, 0.6) is 0 Å². The van der Waals surface area contributed by atoms with Gasteiger partial charge >= 0.3 is 0 Å². The zero-order chi connectivity index (χ0) is 19.0. The lowest BCUT2D eigenvalue weighted by molar-refractivity contribution is -0.0707. The van der Waals surface area contributed by atoms with E-state index in [-0.39, 0.29) is 18.1 Å². The molecule has 0 unspecified atom stereocenters. The Morgan fingerprint density at radius 3 is 2.93 bits per heavy atom. The highest BCUT2D eigenvalue weighted by Crippen LogP contribution is 2.22. The Labute approximate surface area is 166 Å². The number of morpholine rings is 1. The Hall–Kier alpha value is -1.93. The second-order valence-electron chi connectivity index (χ2n) is 6.96. The summed E-state index contributed by atoms with van der Waals surface area (Å²) >= 11 is 7.44. The van der Waals surface area contributed by atoms with Crippen molar-refractivity contribution in [3.8, 4) is 0 Å². The summed E-state index contributed by atoms with van der Waals surface area (Å²) in [5.74, 6) is -0.211. The van der Waals surface area contributed by atoms with E-state index < -0.39 is 0 Å². The third kappa shape index (κ3) is 4.32. The number of halogens is 1. The molecule has 1 fully saturated rings. The highest BCUT2D eigenvalue weighted by atomic mass is 35.5. The molecule has 0 spiro atoms. The first-order chi connectivity index (χ1) is 13.0. The van der Waals surface area contributed by atoms with Crippen LogP contribution in [-0.4, -0.2) is 46.1 Å². The predicted molar refractivity (Wildman–Crippen MR) is 109 cm³/mol. The molecule has 27 heavy (non-hydrogen) atoms. The number of carbonyl (C=O) groups excluding carboxylic acids is 1. The highest BCUT2D eigenvalue weighted by Gasteiger charge is 2.23. The number of amides is 1. The first-order valence-electron chi connectivity index (χ1n) is 8.88. The van der Waals surface area contributed by atoms with E-state index in [1.54, 1.807) is 12.1 Å². The second kappa shape index (κ2) is 7.59. The second-order valence-corrected chi connectivity index (χ2v) is 8.26. The van der Waals surface area contributed by atoms with E-state index in [4.69, 9.17) is 16.3 Å². The summed E-state index contributed by atoms with van der Waals surface area (Å²) in [5, 5.41) is 7.01. The largest absolute Gasteiger partial charge is 0.373 e. The summed E-state index contributed by atoms with van der Waals surface area (Å²) in [7, 11) is 0. The fraction of sp³-hybridized carbons (Fsp3) is 0.368. The first-order valence-corrected chi connectivity index (χ1v) is 10.1. The molecule has 1 aromatic carbocycles. The van der Waals surface area contributed by atoms with Gasteiger partial charge in [-0.1, -0.05) is 11.6 Å². The third-order valence-corrected chi connectivity index (χ3v) is 5.52. The van der Waals surface area contributed by atoms with Crippen LogP contribution in [0.3, 0.4) is 0 Å². The zero-order valence-corrected chi connectivity index (χ0v) is 16.7. The van der Waals surface area contributed by atoms with Gasteiger partial charge in [0.2, 0.25) is 0 Å². The summed E-state index contributed by atoms with van der Waals surface area (Å²) in [5.41, 5.74) is 2.32. The number of hydrogen-bond donors (Lipinski definition) is 2. The van der Waals surface area contributed by atoms with E-state index in [9.17, 15) is 4.79 Å². The minimum absolute atomic E-state index is 0.211. The van der Waals surface area contributed by atoms with Crippen LogP contribution >= 0.6 is 22.9 Å². The van der Waals surface area contributed by atoms with Gasteiger partial charge in [0, 0.05) is 40.9 Å². The van der Waals surface area contributed by atoms with Crippen molar-refractivity contribution >= 4 is 44.9 Å². The Kier molecular flexibility index (Phi) is 5.19. The lowest BCUT2D eigenvalue weighted by Crippen LogP contribution is -2.44. The van der Waals surface area contributed by atoms with E-state index >= 15 is 0 Å². The highest BCUT2D eigenvalue weighted by molar-refractivity contribution is 7.13. The van der Waals surface area contributed by atoms with Crippen molar-refractivity contribution in [1.82, 2.24) is 14.9 Å². The molecule has 1 aliphatic rings. The molecule has 4 rings (SSSR count). The van der Waals surface area contributed by atoms with Gasteiger partial charge in [-0.05, 0) is 38.1 Å². The molecule has 0 aliphatic carbocycles. The molecule has 0 bridgehead atoms. The molecule has 2 aromatic heterocycles. The number of aromatic nitrogens is 2. The average Bonchev–Trinajstić information content (AvgIpc) is 3.20. The number of nitrogens with one attached hydrogen (secondary N) is 2. The van der Waals surface area contributed by atoms with Crippen LogP contribution in [0.25, 0.3) is 10.9 Å². The molecule has 1 amide bonds. The quantitative estimate of drug-likeness (QED) is 0.685. The monoisotopic (exact) mass is 404 g/mol. The number of carbonyl (C=O) groups is 1. The number of thiazole rings is 1. The van der Waals surface area contributed by atoms with Crippen molar-refractivity contribution in [2.45, 2.75) is 32.6 Å². The topological polar surface area (TPSA) is 70.2 Å². The standard InChI is InChI=1S/C19H21ClN4O2S/c1-11-7-24(8-12(2)26-11)9-15-10-27-19(21-15)23-18(25)17-6-13-5-14(20)3-4-16(13)22-17/h3-6,10-12,22H,7-9H2,1-2H3,(H,21,23,25)/t11-,12+. The number of anilines is 1. The minimum Gasteiger partial charge on any atom is -0.373 e. The SMILES string of the molecule is C[C@@H]1CN(Cc2csc(NC(=O)c3cc4cc(Cl)ccc4[nH]3)n2)C[C@H](C)O1. The lowest BCUT2D eigenvalue weighted by Gasteiger charge is -2.34. The van der Waals surface area contributed by atoms with Crippen molar-refractivity contribution in [3.63, 3.8) is 0 Å². The molecule has 1 aliphatic heterocycles. The van der Waals surface area contributed by atoms with Crippen LogP contribution in [0.15, 0.2) is 29.6 Å². The number of fused-ring (bicyclic) bond motifs is 1. The summed E-state index contributed by atoms with van der Waals surface area (Å²) in [6.45, 7) is 6.71. The van der Waals surface area contributed by atoms with Gasteiger partial charge in [0.15, 0.2) is 5.13 Å². The van der Waals surface area contributed by atoms with Crippen molar-refractivity contribution in [1.29, 1.82) is 0 Å². The molecule has 8 heteroatoms. The summed E-state index contributed by atoms with van der Waals surface area (Å²) < 4.78 is 5.76. The Bertz CT molecular complexity index is 960. The van der Waals surface area contributed by atoms with Gasteiger partial charge in [0.25, 0.3) is 5.91 Å². The summed E-state index contributed by atoms with van der Waals surface area (Å²) in [6, 6.07) is 7.28. The Morgan fingerprint density at radius 2 is 2.15 bits per heavy atom. The third-order valence-electron chi connectivity index (χ3n) is 4.48. The molecule has 6 nitrogen and oxygen atoms in total. The maximum absolute atomic E-state index is 12.5. The van der Waals surface area contributed by atoms with Crippen molar-refractivity contribution in [2.24, 2.45) is 0 Å². The van der Waals surface area contributed by atoms with Crippen molar-refractivity contribution in [3.05, 3.63) is 46.1 Å². The molecule has 3 heterocycles. The van der Waals surface area contributed by atoms with E-state index in [1.165, 1.54) is 11.3 Å². The van der Waals surface area contributed by atoms with Crippen LogP contribution in [0.2, 0.25) is 5.02 Å². The molecule has 142 valence electrons. The van der Waals surface area contributed by atoms with E-state index in [1.807, 2.05) is 17.5 Å². The molecule has 3 aromatic rings. The van der Waals surface area contributed by atoms with Crippen LogP contribution in [0, 0.1) is 0 Å². The number of nitrogens with zero attached hydrogens (tertiary/aromatic N) is 2. The smallest absolute Gasteiger partial charge is 0.273 e. The van der Waals surface area contributed by atoms with Crippen LogP contribution < -0.4 is 5.32 Å². The molecule has 2 N–H and O–H groups in total. The normalized spacial score (nSPS) is 20.9. The number of ether oxygens (including phenoxy) is 1. The fourth-order valence-electron chi connectivity index (χ4n) is 3.47. The van der Waals surface area contributed by atoms with Crippen LogP contribution in [0.4, 0.5) is 5.13 Å². The number of rotatable bonds is 4. The number of benzene rings is 1. The predicted octanol–water partition coefficient (Wildman–Crippen LogP) is 4.14. The van der Waals surface area contributed by atoms with Crippen molar-refractivity contribution in [2.75, 3.05) is 18.4 Å². The minimum atomic E-state index is -0.211. The van der Waals surface area contributed by atoms with E-state index in [0.29, 0.717) is 15.8 Å². The summed E-state index contributed by atoms with van der Waals surface area (Å²) in [4.78, 5) is 22.5. The molecular weight excluding hydrogens is 384 g/mol. The Morgan fingerprint density at radius 1 is 1.37 bits per heavy atom. The number of hydrogen-bond acceptors (Lipinski definition) is 5. The number of aromatic amines is 1. The van der Waals surface area contributed by atoms with Gasteiger partial charge in [-0.25, -0.2) is 4.98 Å². The fourth-order valence-corrected chi connectivity index (χ4v) is 4.35. The average molecular weight is 405 g/mol. The first kappa shape index (κ1) is 18.4. The Balaban J connectivity index is 1.41. The maximum atomic E-state index is 12.5. The van der Waals surface area contributed by atoms with Gasteiger partial charge in [-0.2, -0.15) is 0 Å². The van der Waals surface area contributed by atoms with Crippen LogP contribution in [0.1, 0.15) is 30.0 Å². The molecule has 1 saturated heterocycles. The van der Waals surface area contributed by atoms with Gasteiger partial charge in [0.1, 0.15) is 5.69 Å². The zero-order valence-electron chi connectivity index (χ0n) is 15.2. The molecule has 2 atom stereocenters. The summed E-state index contributed by atoms with van der Waals surface area (Å²) in [6.07, 6.45) is 0.448. The van der Waals surface area contributed by atoms with E-state index in [0.717, 1.165) is 36.2 Å². The van der Waals surface area contributed by atoms with Gasteiger partial charge in [-0.15, -0.1) is 11.3 Å². The maximum Gasteiger partial charge on any atom is 0.273 e. The van der Waals surface area contributed by atoms with Gasteiger partial charge in [0.05, 0.1) is 17.9 Å². The van der Waals surface area contributed by atoms with Crippen molar-refractivity contribution < 1.29 is 9.53 Å². The van der Waals surface area contributed by atoms with Gasteiger partial charge < -0.3 is 9.72 Å². The van der Waals surface area contributed by atoms with Gasteiger partial charge in [-0.3, -0.25) is 15.0 Å². The van der Waals surface area contributed by atoms with E-state index in [2.05, 4.69) is 34.0 Å². The lowest BCUT2D eigenvalue weighted by atomic mass is 10.2. The molecule has 0 radical (unpaired) electrons. The number of H-pyrrole nitrogens is 1. The van der Waals surface area contributed by atoms with Crippen LogP contribution in [-0.2, 0) is 11.3 Å². The molecule has 0 saturated carbocycles.